The van der Waals surface area contributed by atoms with Crippen LogP contribution < -0.4 is 10.3 Å². The number of halogens is 1. The molecule has 1 aromatic heterocycles. The van der Waals surface area contributed by atoms with E-state index in [1.54, 1.807) is 12.1 Å². The number of carbonyl (C=O) groups excluding carboxylic acids is 1. The lowest BCUT2D eigenvalue weighted by molar-refractivity contribution is -0.690. The van der Waals surface area contributed by atoms with Gasteiger partial charge in [0.25, 0.3) is 11.7 Å². The molecule has 0 saturated carbocycles. The Morgan fingerprint density at radius 2 is 2.11 bits per heavy atom. The highest BCUT2D eigenvalue weighted by atomic mass is 19.1. The minimum absolute atomic E-state index is 0.191. The Kier molecular flexibility index (Phi) is 2.81. The van der Waals surface area contributed by atoms with E-state index in [1.807, 2.05) is 10.8 Å². The fraction of sp³-hybridized carbons (Fsp3) is 0.286. The molecule has 1 aliphatic rings. The molecule has 0 saturated heterocycles. The van der Waals surface area contributed by atoms with Crippen LogP contribution in [0.15, 0.2) is 30.5 Å². The third kappa shape index (κ3) is 2.12. The predicted octanol–water partition coefficient (Wildman–Crippen LogP) is 1.01. The van der Waals surface area contributed by atoms with Crippen molar-refractivity contribution in [1.82, 2.24) is 4.57 Å². The first kappa shape index (κ1) is 11.9. The molecule has 0 aliphatic carbocycles. The summed E-state index contributed by atoms with van der Waals surface area (Å²) < 4.78 is 17.1. The molecule has 3 rings (SSSR count). The number of primary amides is 1. The first-order valence-corrected chi connectivity index (χ1v) is 6.31. The normalized spacial score (nSPS) is 13.5. The highest BCUT2D eigenvalue weighted by Crippen LogP contribution is 2.24. The standard InChI is InChI=1S/C14H14FN3O/c15-11-5-3-10(4-6-11)12-8-17(9-13(16)19)14-2-1-7-18(12)14/h3-6,8H,1-2,7,9H2,(H-,16,19)/p+1. The van der Waals surface area contributed by atoms with Gasteiger partial charge >= 0.3 is 0 Å². The Hall–Kier alpha value is -2.17. The summed E-state index contributed by atoms with van der Waals surface area (Å²) in [5, 5.41) is 0. The maximum Gasteiger partial charge on any atom is 0.259 e. The summed E-state index contributed by atoms with van der Waals surface area (Å²) in [5.74, 6) is 0.510. The second-order valence-electron chi connectivity index (χ2n) is 4.79. The molecule has 0 spiro atoms. The van der Waals surface area contributed by atoms with Gasteiger partial charge in [-0.15, -0.1) is 0 Å². The highest BCUT2D eigenvalue weighted by molar-refractivity contribution is 5.72. The summed E-state index contributed by atoms with van der Waals surface area (Å²) in [7, 11) is 0. The van der Waals surface area contributed by atoms with Crippen LogP contribution in [0.5, 0.6) is 0 Å². The highest BCUT2D eigenvalue weighted by Gasteiger charge is 2.29. The SMILES string of the molecule is NC(=O)C[n+]1cc(-c2ccc(F)cc2)n2c1CCC2. The monoisotopic (exact) mass is 260 g/mol. The summed E-state index contributed by atoms with van der Waals surface area (Å²) in [6.45, 7) is 1.12. The first-order valence-electron chi connectivity index (χ1n) is 6.31. The number of imidazole rings is 1. The smallest absolute Gasteiger partial charge is 0.259 e. The molecule has 4 nitrogen and oxygen atoms in total. The van der Waals surface area contributed by atoms with Crippen molar-refractivity contribution in [2.24, 2.45) is 5.73 Å². The molecule has 1 aliphatic heterocycles. The molecule has 2 aromatic rings. The van der Waals surface area contributed by atoms with Gasteiger partial charge in [0, 0.05) is 5.56 Å². The summed E-state index contributed by atoms with van der Waals surface area (Å²) in [4.78, 5) is 11.1. The van der Waals surface area contributed by atoms with Crippen molar-refractivity contribution in [2.75, 3.05) is 0 Å². The van der Waals surface area contributed by atoms with Gasteiger partial charge in [0.1, 0.15) is 12.0 Å². The lowest BCUT2D eigenvalue weighted by Gasteiger charge is -1.98. The quantitative estimate of drug-likeness (QED) is 0.823. The van der Waals surface area contributed by atoms with E-state index in [0.29, 0.717) is 0 Å². The first-order chi connectivity index (χ1) is 9.15. The van der Waals surface area contributed by atoms with Gasteiger partial charge in [-0.2, -0.15) is 0 Å². The predicted molar refractivity (Wildman–Crippen MR) is 67.5 cm³/mol. The second kappa shape index (κ2) is 4.50. The maximum absolute atomic E-state index is 13.0. The van der Waals surface area contributed by atoms with Crippen molar-refractivity contribution in [1.29, 1.82) is 0 Å². The third-order valence-electron chi connectivity index (χ3n) is 3.46. The summed E-state index contributed by atoms with van der Waals surface area (Å²) in [5.41, 5.74) is 7.23. The van der Waals surface area contributed by atoms with Crippen LogP contribution in [0.1, 0.15) is 12.2 Å². The van der Waals surface area contributed by atoms with E-state index in [2.05, 4.69) is 4.57 Å². The van der Waals surface area contributed by atoms with Crippen LogP contribution in [0, 0.1) is 5.82 Å². The van der Waals surface area contributed by atoms with E-state index < -0.39 is 0 Å². The number of rotatable bonds is 3. The van der Waals surface area contributed by atoms with Gasteiger partial charge in [-0.3, -0.25) is 4.79 Å². The molecular formula is C14H15FN3O+. The number of nitrogens with zero attached hydrogens (tertiary/aromatic N) is 2. The van der Waals surface area contributed by atoms with Crippen molar-refractivity contribution >= 4 is 5.91 Å². The van der Waals surface area contributed by atoms with E-state index >= 15 is 0 Å². The van der Waals surface area contributed by atoms with Crippen molar-refractivity contribution < 1.29 is 13.8 Å². The molecule has 5 heteroatoms. The summed E-state index contributed by atoms with van der Waals surface area (Å²) in [6, 6.07) is 6.40. The lowest BCUT2D eigenvalue weighted by Crippen LogP contribution is -2.42. The van der Waals surface area contributed by atoms with Crippen LogP contribution in [-0.2, 0) is 24.3 Å². The Morgan fingerprint density at radius 3 is 2.79 bits per heavy atom. The zero-order valence-corrected chi connectivity index (χ0v) is 10.5. The summed E-state index contributed by atoms with van der Waals surface area (Å²) >= 11 is 0. The number of nitrogens with two attached hydrogens (primary N) is 1. The molecule has 0 fully saturated rings. The number of carbonyl (C=O) groups is 1. The van der Waals surface area contributed by atoms with Crippen LogP contribution in [0.3, 0.4) is 0 Å². The molecule has 0 atom stereocenters. The Balaban J connectivity index is 2.07. The van der Waals surface area contributed by atoms with Crippen molar-refractivity contribution in [2.45, 2.75) is 25.9 Å². The van der Waals surface area contributed by atoms with Crippen LogP contribution in [-0.4, -0.2) is 10.5 Å². The fourth-order valence-corrected chi connectivity index (χ4v) is 2.67. The van der Waals surface area contributed by atoms with E-state index in [-0.39, 0.29) is 18.3 Å². The lowest BCUT2D eigenvalue weighted by atomic mass is 10.1. The minimum Gasteiger partial charge on any atom is -0.366 e. The molecule has 0 radical (unpaired) electrons. The topological polar surface area (TPSA) is 51.9 Å². The number of hydrogen-bond donors (Lipinski definition) is 1. The summed E-state index contributed by atoms with van der Waals surface area (Å²) in [6.07, 6.45) is 3.92. The van der Waals surface area contributed by atoms with Crippen LogP contribution >= 0.6 is 0 Å². The van der Waals surface area contributed by atoms with Crippen molar-refractivity contribution in [3.05, 3.63) is 42.1 Å². The van der Waals surface area contributed by atoms with Gasteiger partial charge in [-0.25, -0.2) is 13.5 Å². The zero-order valence-electron chi connectivity index (χ0n) is 10.5. The molecule has 2 N–H and O–H groups in total. The minimum atomic E-state index is -0.351. The van der Waals surface area contributed by atoms with E-state index in [4.69, 9.17) is 5.73 Å². The van der Waals surface area contributed by atoms with Gasteiger partial charge < -0.3 is 5.73 Å². The molecule has 1 amide bonds. The van der Waals surface area contributed by atoms with Gasteiger partial charge in [0.15, 0.2) is 12.2 Å². The third-order valence-corrected chi connectivity index (χ3v) is 3.46. The average molecular weight is 260 g/mol. The van der Waals surface area contributed by atoms with Crippen molar-refractivity contribution in [3.8, 4) is 11.3 Å². The largest absolute Gasteiger partial charge is 0.366 e. The Bertz CT molecular complexity index is 631. The molecule has 0 unspecified atom stereocenters. The Labute approximate surface area is 110 Å². The van der Waals surface area contributed by atoms with E-state index in [9.17, 15) is 9.18 Å². The molecule has 0 bridgehead atoms. The average Bonchev–Trinajstić information content (AvgIpc) is 2.94. The second-order valence-corrected chi connectivity index (χ2v) is 4.79. The van der Waals surface area contributed by atoms with Gasteiger partial charge in [0.05, 0.1) is 13.0 Å². The molecular weight excluding hydrogens is 245 g/mol. The number of amides is 1. The van der Waals surface area contributed by atoms with Crippen molar-refractivity contribution in [3.63, 3.8) is 0 Å². The molecule has 19 heavy (non-hydrogen) atoms. The Morgan fingerprint density at radius 1 is 1.37 bits per heavy atom. The van der Waals surface area contributed by atoms with E-state index in [0.717, 1.165) is 36.5 Å². The fourth-order valence-electron chi connectivity index (χ4n) is 2.67. The van der Waals surface area contributed by atoms with E-state index in [1.165, 1.54) is 12.1 Å². The van der Waals surface area contributed by atoms with Gasteiger partial charge in [0.2, 0.25) is 0 Å². The maximum atomic E-state index is 13.0. The zero-order chi connectivity index (χ0) is 13.4. The number of hydrogen-bond acceptors (Lipinski definition) is 1. The number of aromatic nitrogens is 2. The van der Waals surface area contributed by atoms with Crippen LogP contribution in [0.25, 0.3) is 11.3 Å². The molecule has 2 heterocycles. The number of fused-ring (bicyclic) bond motifs is 1. The number of benzene rings is 1. The van der Waals surface area contributed by atoms with Crippen LogP contribution in [0.4, 0.5) is 4.39 Å². The molecule has 98 valence electrons. The van der Waals surface area contributed by atoms with Gasteiger partial charge in [-0.1, -0.05) is 0 Å². The van der Waals surface area contributed by atoms with Gasteiger partial charge in [-0.05, 0) is 30.7 Å². The van der Waals surface area contributed by atoms with Crippen LogP contribution in [0.2, 0.25) is 0 Å². The molecule has 1 aromatic carbocycles.